The number of aliphatic carboxylic acids is 1. The zero-order chi connectivity index (χ0) is 12.6. The molecule has 0 spiro atoms. The summed E-state index contributed by atoms with van der Waals surface area (Å²) in [5.74, 6) is -1.01. The molecule has 0 radical (unpaired) electrons. The van der Waals surface area contributed by atoms with Gasteiger partial charge in [-0.05, 0) is 24.6 Å². The normalized spacial score (nSPS) is 14.7. The van der Waals surface area contributed by atoms with Gasteiger partial charge in [-0.1, -0.05) is 17.4 Å². The first-order valence-electron chi connectivity index (χ1n) is 5.06. The zero-order valence-electron chi connectivity index (χ0n) is 9.30. The number of carbonyl (C=O) groups is 1. The van der Waals surface area contributed by atoms with Crippen LogP contribution in [-0.4, -0.2) is 21.6 Å². The van der Waals surface area contributed by atoms with Crippen LogP contribution in [0.4, 0.5) is 5.13 Å². The van der Waals surface area contributed by atoms with Gasteiger partial charge in [0.05, 0.1) is 10.2 Å². The first-order chi connectivity index (χ1) is 7.88. The number of benzene rings is 1. The lowest BCUT2D eigenvalue weighted by molar-refractivity contribution is -0.142. The van der Waals surface area contributed by atoms with E-state index in [0.29, 0.717) is 5.13 Å². The summed E-state index contributed by atoms with van der Waals surface area (Å²) in [6.07, 6.45) is 0.274. The monoisotopic (exact) mass is 251 g/mol. The molecule has 0 aliphatic carbocycles. The molecule has 0 fully saturated rings. The average molecular weight is 251 g/mol. The van der Waals surface area contributed by atoms with Gasteiger partial charge in [-0.15, -0.1) is 0 Å². The Morgan fingerprint density at radius 2 is 2.29 bits per heavy atom. The molecule has 6 heteroatoms. The second-order valence-corrected chi connectivity index (χ2v) is 5.32. The van der Waals surface area contributed by atoms with Crippen LogP contribution >= 0.6 is 11.3 Å². The molecular formula is C11H13N3O2S. The van der Waals surface area contributed by atoms with Crippen LogP contribution < -0.4 is 11.5 Å². The van der Waals surface area contributed by atoms with Crippen molar-refractivity contribution in [1.82, 2.24) is 4.98 Å². The van der Waals surface area contributed by atoms with E-state index in [1.807, 2.05) is 18.2 Å². The number of thiazole rings is 1. The van der Waals surface area contributed by atoms with Gasteiger partial charge >= 0.3 is 5.97 Å². The molecule has 0 saturated carbocycles. The van der Waals surface area contributed by atoms with Crippen molar-refractivity contribution >= 4 is 32.7 Å². The van der Waals surface area contributed by atoms with Gasteiger partial charge in [-0.3, -0.25) is 4.79 Å². The fraction of sp³-hybridized carbons (Fsp3) is 0.273. The van der Waals surface area contributed by atoms with Gasteiger partial charge in [-0.25, -0.2) is 4.98 Å². The molecule has 1 atom stereocenters. The van der Waals surface area contributed by atoms with Crippen molar-refractivity contribution in [3.05, 3.63) is 23.8 Å². The maximum absolute atomic E-state index is 10.9. The van der Waals surface area contributed by atoms with Gasteiger partial charge in [0, 0.05) is 6.42 Å². The Morgan fingerprint density at radius 3 is 2.94 bits per heavy atom. The van der Waals surface area contributed by atoms with E-state index < -0.39 is 11.5 Å². The molecule has 1 unspecified atom stereocenters. The van der Waals surface area contributed by atoms with Gasteiger partial charge in [0.1, 0.15) is 5.54 Å². The van der Waals surface area contributed by atoms with Gasteiger partial charge in [0.2, 0.25) is 0 Å². The second-order valence-electron chi connectivity index (χ2n) is 4.25. The summed E-state index contributed by atoms with van der Waals surface area (Å²) >= 11 is 1.38. The summed E-state index contributed by atoms with van der Waals surface area (Å²) in [7, 11) is 0. The van der Waals surface area contributed by atoms with Crippen LogP contribution in [0, 0.1) is 0 Å². The number of hydrogen-bond acceptors (Lipinski definition) is 5. The Morgan fingerprint density at radius 1 is 1.59 bits per heavy atom. The summed E-state index contributed by atoms with van der Waals surface area (Å²) in [4.78, 5) is 15.1. The lowest BCUT2D eigenvalue weighted by atomic mass is 9.94. The number of aromatic nitrogens is 1. The maximum atomic E-state index is 10.9. The zero-order valence-corrected chi connectivity index (χ0v) is 10.1. The van der Waals surface area contributed by atoms with Crippen LogP contribution in [0.5, 0.6) is 0 Å². The van der Waals surface area contributed by atoms with Crippen LogP contribution in [-0.2, 0) is 11.2 Å². The molecule has 1 aromatic carbocycles. The Labute approximate surface area is 102 Å². The molecule has 5 nitrogen and oxygen atoms in total. The van der Waals surface area contributed by atoms with Crippen molar-refractivity contribution in [3.63, 3.8) is 0 Å². The molecular weight excluding hydrogens is 238 g/mol. The molecule has 1 aromatic heterocycles. The predicted molar refractivity (Wildman–Crippen MR) is 68.0 cm³/mol. The number of hydrogen-bond donors (Lipinski definition) is 3. The molecule has 2 aromatic rings. The summed E-state index contributed by atoms with van der Waals surface area (Å²) in [5, 5.41) is 9.47. The van der Waals surface area contributed by atoms with Gasteiger partial charge in [0.25, 0.3) is 0 Å². The Kier molecular flexibility index (Phi) is 2.76. The number of carboxylic acid groups (broad SMARTS) is 1. The highest BCUT2D eigenvalue weighted by Gasteiger charge is 2.28. The highest BCUT2D eigenvalue weighted by atomic mass is 32.1. The molecule has 17 heavy (non-hydrogen) atoms. The van der Waals surface area contributed by atoms with E-state index in [4.69, 9.17) is 16.6 Å². The van der Waals surface area contributed by atoms with Crippen LogP contribution in [0.2, 0.25) is 0 Å². The van der Waals surface area contributed by atoms with Crippen LogP contribution in [0.25, 0.3) is 10.2 Å². The first kappa shape index (κ1) is 11.8. The predicted octanol–water partition coefficient (Wildman–Crippen LogP) is 1.22. The molecule has 2 rings (SSSR count). The number of nitrogens with zero attached hydrogens (tertiary/aromatic N) is 1. The summed E-state index contributed by atoms with van der Waals surface area (Å²) in [5.41, 5.74) is 11.7. The van der Waals surface area contributed by atoms with Crippen molar-refractivity contribution in [2.45, 2.75) is 18.9 Å². The number of carboxylic acids is 1. The van der Waals surface area contributed by atoms with Crippen LogP contribution in [0.1, 0.15) is 12.5 Å². The molecule has 0 aliphatic rings. The number of anilines is 1. The van der Waals surface area contributed by atoms with Gasteiger partial charge < -0.3 is 16.6 Å². The standard InChI is InChI=1S/C11H13N3O2S/c1-11(13,9(15)16)5-6-2-3-7-8(4-6)17-10(12)14-7/h2-4H,5,13H2,1H3,(H2,12,14)(H,15,16). The van der Waals surface area contributed by atoms with Gasteiger partial charge in [0.15, 0.2) is 5.13 Å². The van der Waals surface area contributed by atoms with E-state index in [1.165, 1.54) is 18.3 Å². The van der Waals surface area contributed by atoms with E-state index >= 15 is 0 Å². The minimum atomic E-state index is -1.26. The summed E-state index contributed by atoms with van der Waals surface area (Å²) in [6, 6.07) is 5.54. The van der Waals surface area contributed by atoms with E-state index in [-0.39, 0.29) is 6.42 Å². The lowest BCUT2D eigenvalue weighted by Gasteiger charge is -2.18. The molecule has 1 heterocycles. The number of nitrogen functional groups attached to an aromatic ring is 1. The van der Waals surface area contributed by atoms with Crippen molar-refractivity contribution in [2.75, 3.05) is 5.73 Å². The average Bonchev–Trinajstić information content (AvgIpc) is 2.56. The minimum absolute atomic E-state index is 0.274. The van der Waals surface area contributed by atoms with E-state index in [1.54, 1.807) is 0 Å². The SMILES string of the molecule is CC(N)(Cc1ccc2nc(N)sc2c1)C(=O)O. The van der Waals surface area contributed by atoms with E-state index in [0.717, 1.165) is 15.8 Å². The van der Waals surface area contributed by atoms with Crippen molar-refractivity contribution in [1.29, 1.82) is 0 Å². The van der Waals surface area contributed by atoms with Crippen LogP contribution in [0.15, 0.2) is 18.2 Å². The fourth-order valence-electron chi connectivity index (χ4n) is 1.60. The Hall–Kier alpha value is -1.66. The third-order valence-corrected chi connectivity index (χ3v) is 3.38. The van der Waals surface area contributed by atoms with Crippen molar-refractivity contribution in [3.8, 4) is 0 Å². The maximum Gasteiger partial charge on any atom is 0.323 e. The smallest absolute Gasteiger partial charge is 0.323 e. The number of fused-ring (bicyclic) bond motifs is 1. The fourth-order valence-corrected chi connectivity index (χ4v) is 2.39. The Bertz CT molecular complexity index is 577. The lowest BCUT2D eigenvalue weighted by Crippen LogP contribution is -2.46. The molecule has 0 amide bonds. The molecule has 0 saturated heterocycles. The molecule has 0 bridgehead atoms. The molecule has 90 valence electrons. The highest BCUT2D eigenvalue weighted by molar-refractivity contribution is 7.22. The quantitative estimate of drug-likeness (QED) is 0.761. The van der Waals surface area contributed by atoms with Crippen molar-refractivity contribution in [2.24, 2.45) is 5.73 Å². The van der Waals surface area contributed by atoms with Gasteiger partial charge in [-0.2, -0.15) is 0 Å². The summed E-state index contributed by atoms with van der Waals surface area (Å²) < 4.78 is 0.946. The number of nitrogens with two attached hydrogens (primary N) is 2. The number of rotatable bonds is 3. The third-order valence-electron chi connectivity index (χ3n) is 2.53. The minimum Gasteiger partial charge on any atom is -0.480 e. The summed E-state index contributed by atoms with van der Waals surface area (Å²) in [6.45, 7) is 1.50. The molecule has 0 aliphatic heterocycles. The highest BCUT2D eigenvalue weighted by Crippen LogP contribution is 2.25. The Balaban J connectivity index is 2.34. The molecule has 5 N–H and O–H groups in total. The van der Waals surface area contributed by atoms with E-state index in [9.17, 15) is 4.79 Å². The van der Waals surface area contributed by atoms with Crippen LogP contribution in [0.3, 0.4) is 0 Å². The third kappa shape index (κ3) is 2.37. The second kappa shape index (κ2) is 3.97. The van der Waals surface area contributed by atoms with E-state index in [2.05, 4.69) is 4.98 Å². The largest absolute Gasteiger partial charge is 0.480 e. The van der Waals surface area contributed by atoms with Crippen molar-refractivity contribution < 1.29 is 9.90 Å². The topological polar surface area (TPSA) is 102 Å². The first-order valence-corrected chi connectivity index (χ1v) is 5.87.